The zero-order chi connectivity index (χ0) is 17.0. The van der Waals surface area contributed by atoms with Gasteiger partial charge in [-0.2, -0.15) is 0 Å². The second-order valence-corrected chi connectivity index (χ2v) is 5.24. The fourth-order valence-electron chi connectivity index (χ4n) is 1.94. The summed E-state index contributed by atoms with van der Waals surface area (Å²) < 4.78 is 0. The van der Waals surface area contributed by atoms with E-state index < -0.39 is 10.8 Å². The molecule has 23 heavy (non-hydrogen) atoms. The maximum absolute atomic E-state index is 12.1. The number of aryl methyl sites for hydroxylation is 2. The lowest BCUT2D eigenvalue weighted by molar-refractivity contribution is -0.385. The Bertz CT molecular complexity index is 792. The van der Waals surface area contributed by atoms with E-state index >= 15 is 0 Å². The molecule has 0 aliphatic heterocycles. The van der Waals surface area contributed by atoms with Crippen molar-refractivity contribution in [2.75, 3.05) is 5.32 Å². The summed E-state index contributed by atoms with van der Waals surface area (Å²) in [6, 6.07) is 9.50. The molecule has 1 aromatic carbocycles. The number of rotatable bonds is 3. The van der Waals surface area contributed by atoms with Gasteiger partial charge in [0, 0.05) is 22.9 Å². The van der Waals surface area contributed by atoms with Crippen LogP contribution in [0, 0.1) is 24.0 Å². The van der Waals surface area contributed by atoms with E-state index in [1.54, 1.807) is 13.0 Å². The molecule has 1 amide bonds. The van der Waals surface area contributed by atoms with Crippen molar-refractivity contribution in [3.05, 3.63) is 63.3 Å². The molecule has 0 saturated heterocycles. The summed E-state index contributed by atoms with van der Waals surface area (Å²) in [4.78, 5) is 26.6. The first-order chi connectivity index (χ1) is 10.9. The molecular weight excluding hydrogens is 316 g/mol. The molecule has 0 saturated carbocycles. The molecule has 1 heterocycles. The third-order valence-corrected chi connectivity index (χ3v) is 3.22. The van der Waals surface area contributed by atoms with Crippen LogP contribution < -0.4 is 10.6 Å². The lowest BCUT2D eigenvalue weighted by Crippen LogP contribution is -2.34. The number of thiocarbonyl (C=S) groups is 1. The van der Waals surface area contributed by atoms with E-state index in [4.69, 9.17) is 12.2 Å². The van der Waals surface area contributed by atoms with Crippen molar-refractivity contribution in [2.24, 2.45) is 0 Å². The molecule has 0 fully saturated rings. The summed E-state index contributed by atoms with van der Waals surface area (Å²) >= 11 is 5.06. The van der Waals surface area contributed by atoms with Gasteiger partial charge in [-0.3, -0.25) is 20.2 Å². The first kappa shape index (κ1) is 16.5. The third kappa shape index (κ3) is 4.30. The van der Waals surface area contributed by atoms with Gasteiger partial charge in [-0.25, -0.2) is 4.98 Å². The Kier molecular flexibility index (Phi) is 4.97. The number of nitro benzene ring substituents is 1. The van der Waals surface area contributed by atoms with E-state index in [-0.39, 0.29) is 16.4 Å². The number of anilines is 1. The van der Waals surface area contributed by atoms with Crippen molar-refractivity contribution in [1.29, 1.82) is 0 Å². The molecule has 2 rings (SSSR count). The number of pyridine rings is 1. The topological polar surface area (TPSA) is 97.2 Å². The van der Waals surface area contributed by atoms with Gasteiger partial charge in [0.2, 0.25) is 0 Å². The first-order valence-corrected chi connectivity index (χ1v) is 7.08. The Morgan fingerprint density at radius 3 is 2.61 bits per heavy atom. The predicted molar refractivity (Wildman–Crippen MR) is 90.5 cm³/mol. The van der Waals surface area contributed by atoms with Crippen LogP contribution in [0.25, 0.3) is 0 Å². The van der Waals surface area contributed by atoms with Crippen LogP contribution in [0.1, 0.15) is 21.6 Å². The van der Waals surface area contributed by atoms with Crippen LogP contribution in [0.4, 0.5) is 11.5 Å². The summed E-state index contributed by atoms with van der Waals surface area (Å²) in [6.45, 7) is 3.41. The standard InChI is InChI=1S/C15H14N4O3S/c1-9-8-11(6-7-12(9)19(21)22)14(20)18-15(23)17-13-5-3-4-10(2)16-13/h3-8H,1-2H3,(H2,16,17,18,20,23). The van der Waals surface area contributed by atoms with E-state index in [1.807, 2.05) is 19.1 Å². The van der Waals surface area contributed by atoms with Gasteiger partial charge in [0.1, 0.15) is 5.82 Å². The number of nitrogens with one attached hydrogen (secondary N) is 2. The smallest absolute Gasteiger partial charge is 0.272 e. The molecule has 0 aliphatic rings. The predicted octanol–water partition coefficient (Wildman–Crippen LogP) is 2.73. The van der Waals surface area contributed by atoms with Crippen LogP contribution >= 0.6 is 12.2 Å². The van der Waals surface area contributed by atoms with Gasteiger partial charge >= 0.3 is 0 Å². The quantitative estimate of drug-likeness (QED) is 0.510. The average Bonchev–Trinajstić information content (AvgIpc) is 2.46. The minimum Gasteiger partial charge on any atom is -0.317 e. The number of amides is 1. The van der Waals surface area contributed by atoms with Crippen molar-refractivity contribution in [3.8, 4) is 0 Å². The van der Waals surface area contributed by atoms with Crippen LogP contribution in [-0.4, -0.2) is 20.9 Å². The monoisotopic (exact) mass is 330 g/mol. The molecule has 2 aromatic rings. The molecule has 118 valence electrons. The zero-order valence-electron chi connectivity index (χ0n) is 12.5. The third-order valence-electron chi connectivity index (χ3n) is 3.01. The highest BCUT2D eigenvalue weighted by Crippen LogP contribution is 2.18. The minimum atomic E-state index is -0.493. The van der Waals surface area contributed by atoms with Crippen molar-refractivity contribution in [2.45, 2.75) is 13.8 Å². The molecule has 1 aromatic heterocycles. The van der Waals surface area contributed by atoms with Gasteiger partial charge in [-0.1, -0.05) is 6.07 Å². The van der Waals surface area contributed by atoms with E-state index in [2.05, 4.69) is 15.6 Å². The average molecular weight is 330 g/mol. The molecule has 0 bridgehead atoms. The number of benzene rings is 1. The highest BCUT2D eigenvalue weighted by Gasteiger charge is 2.14. The van der Waals surface area contributed by atoms with Crippen molar-refractivity contribution in [3.63, 3.8) is 0 Å². The number of carbonyl (C=O) groups excluding carboxylic acids is 1. The van der Waals surface area contributed by atoms with Gasteiger partial charge in [-0.05, 0) is 50.3 Å². The SMILES string of the molecule is Cc1cccc(NC(=S)NC(=O)c2ccc([N+](=O)[O-])c(C)c2)n1. The summed E-state index contributed by atoms with van der Waals surface area (Å²) in [7, 11) is 0. The van der Waals surface area contributed by atoms with Crippen LogP contribution in [0.5, 0.6) is 0 Å². The number of nitrogens with zero attached hydrogens (tertiary/aromatic N) is 2. The largest absolute Gasteiger partial charge is 0.317 e. The van der Waals surface area contributed by atoms with E-state index in [0.29, 0.717) is 11.4 Å². The zero-order valence-corrected chi connectivity index (χ0v) is 13.3. The first-order valence-electron chi connectivity index (χ1n) is 6.68. The number of hydrogen-bond donors (Lipinski definition) is 2. The Morgan fingerprint density at radius 1 is 1.26 bits per heavy atom. The van der Waals surface area contributed by atoms with Crippen molar-refractivity contribution in [1.82, 2.24) is 10.3 Å². The summed E-state index contributed by atoms with van der Waals surface area (Å²) in [5, 5.41) is 16.2. The van der Waals surface area contributed by atoms with Crippen LogP contribution in [0.15, 0.2) is 36.4 Å². The summed E-state index contributed by atoms with van der Waals surface area (Å²) in [5.74, 6) is 0.0725. The Labute approximate surface area is 137 Å². The molecular formula is C15H14N4O3S. The minimum absolute atomic E-state index is 0.0359. The van der Waals surface area contributed by atoms with Crippen LogP contribution in [-0.2, 0) is 0 Å². The molecule has 0 radical (unpaired) electrons. The Morgan fingerprint density at radius 2 is 2.00 bits per heavy atom. The van der Waals surface area contributed by atoms with Gasteiger partial charge < -0.3 is 5.32 Å². The number of aromatic nitrogens is 1. The van der Waals surface area contributed by atoms with Gasteiger partial charge in [0.05, 0.1) is 4.92 Å². The van der Waals surface area contributed by atoms with E-state index in [1.165, 1.54) is 18.2 Å². The highest BCUT2D eigenvalue weighted by atomic mass is 32.1. The normalized spacial score (nSPS) is 10.0. The summed E-state index contributed by atoms with van der Waals surface area (Å²) in [6.07, 6.45) is 0. The summed E-state index contributed by atoms with van der Waals surface area (Å²) in [5.41, 5.74) is 1.47. The molecule has 2 N–H and O–H groups in total. The van der Waals surface area contributed by atoms with Gasteiger partial charge in [-0.15, -0.1) is 0 Å². The maximum Gasteiger partial charge on any atom is 0.272 e. The lowest BCUT2D eigenvalue weighted by atomic mass is 10.1. The molecule has 0 aliphatic carbocycles. The fourth-order valence-corrected chi connectivity index (χ4v) is 2.13. The van der Waals surface area contributed by atoms with E-state index in [9.17, 15) is 14.9 Å². The fraction of sp³-hybridized carbons (Fsp3) is 0.133. The molecule has 0 atom stereocenters. The maximum atomic E-state index is 12.1. The number of nitro groups is 1. The Hall–Kier alpha value is -2.87. The Balaban J connectivity index is 2.05. The van der Waals surface area contributed by atoms with Crippen LogP contribution in [0.2, 0.25) is 0 Å². The molecule has 8 heteroatoms. The van der Waals surface area contributed by atoms with Crippen molar-refractivity contribution < 1.29 is 9.72 Å². The van der Waals surface area contributed by atoms with E-state index in [0.717, 1.165) is 5.69 Å². The highest BCUT2D eigenvalue weighted by molar-refractivity contribution is 7.80. The lowest BCUT2D eigenvalue weighted by Gasteiger charge is -2.09. The van der Waals surface area contributed by atoms with Crippen molar-refractivity contribution >= 4 is 34.7 Å². The molecule has 0 unspecified atom stereocenters. The second-order valence-electron chi connectivity index (χ2n) is 4.83. The van der Waals surface area contributed by atoms with Gasteiger partial charge in [0.25, 0.3) is 11.6 Å². The molecule has 7 nitrogen and oxygen atoms in total. The second kappa shape index (κ2) is 6.93. The van der Waals surface area contributed by atoms with Crippen LogP contribution in [0.3, 0.4) is 0 Å². The number of hydrogen-bond acceptors (Lipinski definition) is 5. The van der Waals surface area contributed by atoms with Gasteiger partial charge in [0.15, 0.2) is 5.11 Å². The number of carbonyl (C=O) groups is 1. The molecule has 0 spiro atoms.